The van der Waals surface area contributed by atoms with Gasteiger partial charge >= 0.3 is 11.4 Å². The number of nitrogens with zero attached hydrogens (tertiary/aromatic N) is 3. The lowest BCUT2D eigenvalue weighted by Crippen LogP contribution is -2.21. The van der Waals surface area contributed by atoms with E-state index >= 15 is 0 Å². The topological polar surface area (TPSA) is 118 Å². The van der Waals surface area contributed by atoms with Crippen molar-refractivity contribution in [2.24, 2.45) is 0 Å². The Morgan fingerprint density at radius 3 is 2.77 bits per heavy atom. The maximum atomic E-state index is 11.9. The van der Waals surface area contributed by atoms with Crippen LogP contribution in [0.2, 0.25) is 0 Å². The lowest BCUT2D eigenvalue weighted by molar-refractivity contribution is -0.386. The first kappa shape index (κ1) is 15.2. The van der Waals surface area contributed by atoms with Crippen molar-refractivity contribution in [2.75, 3.05) is 14.1 Å². The van der Waals surface area contributed by atoms with Crippen LogP contribution in [-0.4, -0.2) is 39.8 Å². The number of benzene rings is 1. The van der Waals surface area contributed by atoms with Gasteiger partial charge in [-0.3, -0.25) is 19.9 Å². The molecule has 0 spiro atoms. The summed E-state index contributed by atoms with van der Waals surface area (Å²) in [5.74, 6) is -0.416. The highest BCUT2D eigenvalue weighted by Crippen LogP contribution is 2.27. The van der Waals surface area contributed by atoms with E-state index in [0.29, 0.717) is 5.56 Å². The number of aromatic nitrogens is 2. The van der Waals surface area contributed by atoms with Crippen LogP contribution < -0.4 is 10.4 Å². The largest absolute Gasteiger partial charge is 0.435 e. The number of aromatic amines is 1. The molecule has 0 atom stereocenters. The summed E-state index contributed by atoms with van der Waals surface area (Å²) in [6.07, 6.45) is 0.809. The Morgan fingerprint density at radius 1 is 1.41 bits per heavy atom. The molecule has 0 fully saturated rings. The van der Waals surface area contributed by atoms with Crippen LogP contribution in [0.5, 0.6) is 11.6 Å². The summed E-state index contributed by atoms with van der Waals surface area (Å²) in [5, 5.41) is 10.9. The molecule has 9 nitrogen and oxygen atoms in total. The summed E-state index contributed by atoms with van der Waals surface area (Å²) in [6, 6.07) is 6.08. The minimum absolute atomic E-state index is 0.178. The van der Waals surface area contributed by atoms with E-state index < -0.39 is 16.3 Å². The molecule has 2 aromatic rings. The van der Waals surface area contributed by atoms with E-state index in [1.165, 1.54) is 17.0 Å². The smallest absolute Gasteiger partial charge is 0.348 e. The Hall–Kier alpha value is -3.23. The van der Waals surface area contributed by atoms with E-state index in [1.807, 2.05) is 0 Å². The number of hydrogen-bond acceptors (Lipinski definition) is 6. The summed E-state index contributed by atoms with van der Waals surface area (Å²) in [5.41, 5.74) is -0.911. The van der Waals surface area contributed by atoms with Crippen LogP contribution in [0.25, 0.3) is 0 Å². The average molecular weight is 304 g/mol. The zero-order valence-corrected chi connectivity index (χ0v) is 11.8. The van der Waals surface area contributed by atoms with E-state index in [9.17, 15) is 19.7 Å². The van der Waals surface area contributed by atoms with Gasteiger partial charge in [0.1, 0.15) is 11.9 Å². The molecule has 22 heavy (non-hydrogen) atoms. The molecule has 1 aromatic carbocycles. The number of nitro groups is 1. The van der Waals surface area contributed by atoms with Crippen molar-refractivity contribution in [1.29, 1.82) is 0 Å². The average Bonchev–Trinajstić information content (AvgIpc) is 2.46. The van der Waals surface area contributed by atoms with Crippen molar-refractivity contribution in [2.45, 2.75) is 0 Å². The fourth-order valence-corrected chi connectivity index (χ4v) is 1.65. The summed E-state index contributed by atoms with van der Waals surface area (Å²) in [6.45, 7) is 0. The summed E-state index contributed by atoms with van der Waals surface area (Å²) < 4.78 is 5.31. The SMILES string of the molecule is CN(C)C(=O)c1cccc(Oc2[nH]c(=O)ncc2[N+](=O)[O-])c1. The molecule has 1 amide bonds. The quantitative estimate of drug-likeness (QED) is 0.669. The number of amides is 1. The van der Waals surface area contributed by atoms with Crippen molar-refractivity contribution in [3.05, 3.63) is 56.6 Å². The Kier molecular flexibility index (Phi) is 4.16. The Labute approximate surface area is 124 Å². The number of H-pyrrole nitrogens is 1. The molecule has 1 heterocycles. The van der Waals surface area contributed by atoms with Crippen molar-refractivity contribution < 1.29 is 14.5 Å². The highest BCUT2D eigenvalue weighted by molar-refractivity contribution is 5.94. The third-order valence-electron chi connectivity index (χ3n) is 2.66. The van der Waals surface area contributed by atoms with Crippen molar-refractivity contribution in [1.82, 2.24) is 14.9 Å². The van der Waals surface area contributed by atoms with Gasteiger partial charge in [0.15, 0.2) is 0 Å². The summed E-state index contributed by atoms with van der Waals surface area (Å²) in [4.78, 5) is 40.0. The lowest BCUT2D eigenvalue weighted by Gasteiger charge is -2.11. The monoisotopic (exact) mass is 304 g/mol. The molecule has 2 rings (SSSR count). The molecule has 0 saturated heterocycles. The predicted molar refractivity (Wildman–Crippen MR) is 76.0 cm³/mol. The second kappa shape index (κ2) is 6.04. The van der Waals surface area contributed by atoms with E-state index in [1.54, 1.807) is 26.2 Å². The van der Waals surface area contributed by atoms with Gasteiger partial charge in [-0.25, -0.2) is 4.79 Å². The fourth-order valence-electron chi connectivity index (χ4n) is 1.65. The minimum atomic E-state index is -0.777. The summed E-state index contributed by atoms with van der Waals surface area (Å²) in [7, 11) is 3.20. The Morgan fingerprint density at radius 2 is 2.14 bits per heavy atom. The first-order valence-corrected chi connectivity index (χ1v) is 6.12. The third-order valence-corrected chi connectivity index (χ3v) is 2.66. The third kappa shape index (κ3) is 3.26. The number of ether oxygens (including phenoxy) is 1. The van der Waals surface area contributed by atoms with Gasteiger partial charge in [-0.2, -0.15) is 4.98 Å². The van der Waals surface area contributed by atoms with Crippen LogP contribution in [0.15, 0.2) is 35.3 Å². The van der Waals surface area contributed by atoms with E-state index in [4.69, 9.17) is 4.74 Å². The first-order chi connectivity index (χ1) is 10.4. The fraction of sp³-hybridized carbons (Fsp3) is 0.154. The van der Waals surface area contributed by atoms with Crippen LogP contribution in [0.4, 0.5) is 5.69 Å². The van der Waals surface area contributed by atoms with Crippen molar-refractivity contribution >= 4 is 11.6 Å². The standard InChI is InChI=1S/C13H12N4O5/c1-16(2)12(18)8-4-3-5-9(6-8)22-11-10(17(20)21)7-14-13(19)15-11/h3-7H,1-2H3,(H,14,15,19). The highest BCUT2D eigenvalue weighted by atomic mass is 16.6. The van der Waals surface area contributed by atoms with E-state index in [2.05, 4.69) is 9.97 Å². The Balaban J connectivity index is 2.38. The molecule has 9 heteroatoms. The molecule has 0 aliphatic heterocycles. The molecular weight excluding hydrogens is 292 g/mol. The van der Waals surface area contributed by atoms with Crippen LogP contribution in [0, 0.1) is 10.1 Å². The molecule has 1 N–H and O–H groups in total. The second-order valence-corrected chi connectivity index (χ2v) is 4.49. The molecule has 114 valence electrons. The van der Waals surface area contributed by atoms with E-state index in [0.717, 1.165) is 6.20 Å². The highest BCUT2D eigenvalue weighted by Gasteiger charge is 2.18. The van der Waals surface area contributed by atoms with Crippen LogP contribution in [0.1, 0.15) is 10.4 Å². The normalized spacial score (nSPS) is 10.1. The van der Waals surface area contributed by atoms with Gasteiger partial charge in [0.2, 0.25) is 0 Å². The van der Waals surface area contributed by atoms with Crippen molar-refractivity contribution in [3.8, 4) is 11.6 Å². The van der Waals surface area contributed by atoms with Gasteiger partial charge in [-0.1, -0.05) is 6.07 Å². The molecule has 0 aliphatic rings. The number of rotatable bonds is 4. The number of nitrogens with one attached hydrogen (secondary N) is 1. The molecule has 0 saturated carbocycles. The zero-order chi connectivity index (χ0) is 16.3. The molecule has 1 aromatic heterocycles. The summed E-state index contributed by atoms with van der Waals surface area (Å²) >= 11 is 0. The van der Waals surface area contributed by atoms with Gasteiger partial charge in [-0.15, -0.1) is 0 Å². The predicted octanol–water partition coefficient (Wildman–Crippen LogP) is 1.17. The van der Waals surface area contributed by atoms with Crippen LogP contribution >= 0.6 is 0 Å². The lowest BCUT2D eigenvalue weighted by atomic mass is 10.2. The van der Waals surface area contributed by atoms with Gasteiger partial charge < -0.3 is 9.64 Å². The molecule has 0 radical (unpaired) electrons. The molecular formula is C13H12N4O5. The number of carbonyl (C=O) groups is 1. The number of hydrogen-bond donors (Lipinski definition) is 1. The maximum absolute atomic E-state index is 11.9. The molecule has 0 bridgehead atoms. The molecule has 0 aliphatic carbocycles. The zero-order valence-electron chi connectivity index (χ0n) is 11.8. The number of carbonyl (C=O) groups excluding carboxylic acids is 1. The van der Waals surface area contributed by atoms with Crippen LogP contribution in [0.3, 0.4) is 0 Å². The maximum Gasteiger partial charge on any atom is 0.348 e. The second-order valence-electron chi connectivity index (χ2n) is 4.49. The van der Waals surface area contributed by atoms with Crippen LogP contribution in [-0.2, 0) is 0 Å². The van der Waals surface area contributed by atoms with Gasteiger partial charge in [-0.05, 0) is 18.2 Å². The molecule has 0 unspecified atom stereocenters. The van der Waals surface area contributed by atoms with Gasteiger partial charge in [0, 0.05) is 19.7 Å². The van der Waals surface area contributed by atoms with Crippen molar-refractivity contribution in [3.63, 3.8) is 0 Å². The minimum Gasteiger partial charge on any atom is -0.435 e. The Bertz CT molecular complexity index is 784. The van der Waals surface area contributed by atoms with Gasteiger partial charge in [0.05, 0.1) is 4.92 Å². The van der Waals surface area contributed by atoms with E-state index in [-0.39, 0.29) is 17.5 Å². The van der Waals surface area contributed by atoms with Gasteiger partial charge in [0.25, 0.3) is 11.8 Å². The first-order valence-electron chi connectivity index (χ1n) is 6.12.